The molecular formula is C10H14N2O3. The van der Waals surface area contributed by atoms with Crippen LogP contribution in [0.25, 0.3) is 0 Å². The summed E-state index contributed by atoms with van der Waals surface area (Å²) in [6, 6.07) is 0. The van der Waals surface area contributed by atoms with E-state index in [9.17, 15) is 4.79 Å². The van der Waals surface area contributed by atoms with Gasteiger partial charge in [0.05, 0.1) is 24.9 Å². The van der Waals surface area contributed by atoms with E-state index in [-0.39, 0.29) is 11.8 Å². The summed E-state index contributed by atoms with van der Waals surface area (Å²) in [6.07, 6.45) is 4.21. The van der Waals surface area contributed by atoms with Crippen LogP contribution in [-0.4, -0.2) is 27.5 Å². The molecule has 5 nitrogen and oxygen atoms in total. The molecule has 1 saturated carbocycles. The largest absolute Gasteiger partial charge is 0.490 e. The first kappa shape index (κ1) is 10.0. The molecule has 0 radical (unpaired) electrons. The lowest BCUT2D eigenvalue weighted by Crippen LogP contribution is -2.05. The number of hydrogen-bond acceptors (Lipinski definition) is 3. The van der Waals surface area contributed by atoms with Gasteiger partial charge in [-0.3, -0.25) is 9.48 Å². The van der Waals surface area contributed by atoms with Gasteiger partial charge in [-0.05, 0) is 13.3 Å². The monoisotopic (exact) mass is 210 g/mol. The van der Waals surface area contributed by atoms with Crippen molar-refractivity contribution in [2.75, 3.05) is 6.61 Å². The molecule has 5 heteroatoms. The van der Waals surface area contributed by atoms with Crippen LogP contribution in [0.1, 0.15) is 13.3 Å². The summed E-state index contributed by atoms with van der Waals surface area (Å²) in [6.45, 7) is 3.29. The van der Waals surface area contributed by atoms with E-state index in [0.29, 0.717) is 12.4 Å². The second-order valence-corrected chi connectivity index (χ2v) is 3.78. The molecule has 0 amide bonds. The third-order valence-electron chi connectivity index (χ3n) is 2.64. The van der Waals surface area contributed by atoms with Crippen molar-refractivity contribution in [3.63, 3.8) is 0 Å². The fourth-order valence-electron chi connectivity index (χ4n) is 1.53. The molecule has 0 saturated heterocycles. The Hall–Kier alpha value is -1.52. The van der Waals surface area contributed by atoms with E-state index >= 15 is 0 Å². The van der Waals surface area contributed by atoms with Crippen molar-refractivity contribution in [1.82, 2.24) is 9.78 Å². The lowest BCUT2D eigenvalue weighted by molar-refractivity contribution is -0.138. The molecule has 82 valence electrons. The van der Waals surface area contributed by atoms with Crippen LogP contribution in [0, 0.1) is 11.8 Å². The maximum absolute atomic E-state index is 10.6. The van der Waals surface area contributed by atoms with E-state index in [1.165, 1.54) is 0 Å². The summed E-state index contributed by atoms with van der Waals surface area (Å²) in [5.41, 5.74) is 0. The van der Waals surface area contributed by atoms with Crippen molar-refractivity contribution in [2.45, 2.75) is 19.9 Å². The molecule has 0 aromatic carbocycles. The van der Waals surface area contributed by atoms with Crippen LogP contribution in [0.2, 0.25) is 0 Å². The van der Waals surface area contributed by atoms with Gasteiger partial charge in [-0.15, -0.1) is 0 Å². The SMILES string of the molecule is CCn1cc(OC[C@@H]2C[C@H]2C(=O)O)cn1. The van der Waals surface area contributed by atoms with Crippen molar-refractivity contribution in [2.24, 2.45) is 11.8 Å². The number of carboxylic acids is 1. The first-order valence-electron chi connectivity index (χ1n) is 5.08. The Morgan fingerprint density at radius 1 is 1.80 bits per heavy atom. The molecule has 1 aliphatic rings. The van der Waals surface area contributed by atoms with E-state index < -0.39 is 5.97 Å². The highest BCUT2D eigenvalue weighted by atomic mass is 16.5. The van der Waals surface area contributed by atoms with Gasteiger partial charge in [-0.2, -0.15) is 5.10 Å². The molecule has 15 heavy (non-hydrogen) atoms. The zero-order valence-electron chi connectivity index (χ0n) is 8.59. The first-order chi connectivity index (χ1) is 7.20. The number of ether oxygens (including phenoxy) is 1. The van der Waals surface area contributed by atoms with Gasteiger partial charge in [-0.25, -0.2) is 0 Å². The van der Waals surface area contributed by atoms with Gasteiger partial charge in [0.2, 0.25) is 0 Å². The van der Waals surface area contributed by atoms with Crippen molar-refractivity contribution in [3.05, 3.63) is 12.4 Å². The number of carboxylic acid groups (broad SMARTS) is 1. The van der Waals surface area contributed by atoms with Crippen LogP contribution >= 0.6 is 0 Å². The Bertz CT molecular complexity index is 361. The van der Waals surface area contributed by atoms with Crippen LogP contribution in [0.3, 0.4) is 0 Å². The lowest BCUT2D eigenvalue weighted by Gasteiger charge is -2.00. The lowest BCUT2D eigenvalue weighted by atomic mass is 10.3. The highest BCUT2D eigenvalue weighted by Gasteiger charge is 2.43. The minimum atomic E-state index is -0.715. The molecule has 0 unspecified atom stereocenters. The zero-order chi connectivity index (χ0) is 10.8. The third kappa shape index (κ3) is 2.29. The topological polar surface area (TPSA) is 64.3 Å². The smallest absolute Gasteiger partial charge is 0.306 e. The number of carbonyl (C=O) groups is 1. The second-order valence-electron chi connectivity index (χ2n) is 3.78. The minimum absolute atomic E-state index is 0.174. The van der Waals surface area contributed by atoms with Gasteiger partial charge >= 0.3 is 5.97 Å². The van der Waals surface area contributed by atoms with Crippen LogP contribution in [0.4, 0.5) is 0 Å². The van der Waals surface area contributed by atoms with E-state index in [4.69, 9.17) is 9.84 Å². The molecule has 1 aromatic heterocycles. The summed E-state index contributed by atoms with van der Waals surface area (Å²) < 4.78 is 7.22. The summed E-state index contributed by atoms with van der Waals surface area (Å²) in [5, 5.41) is 12.8. The molecule has 2 atom stereocenters. The Balaban J connectivity index is 1.77. The number of aromatic nitrogens is 2. The average molecular weight is 210 g/mol. The summed E-state index contributed by atoms with van der Waals surface area (Å²) in [4.78, 5) is 10.6. The van der Waals surface area contributed by atoms with Gasteiger partial charge in [0.15, 0.2) is 5.75 Å². The summed E-state index contributed by atoms with van der Waals surface area (Å²) in [7, 11) is 0. The number of aliphatic carboxylic acids is 1. The van der Waals surface area contributed by atoms with E-state index in [1.54, 1.807) is 10.9 Å². The fourth-order valence-corrected chi connectivity index (χ4v) is 1.53. The Morgan fingerprint density at radius 3 is 3.13 bits per heavy atom. The maximum atomic E-state index is 10.6. The van der Waals surface area contributed by atoms with Crippen LogP contribution in [0.15, 0.2) is 12.4 Å². The number of aryl methyl sites for hydroxylation is 1. The summed E-state index contributed by atoms with van der Waals surface area (Å²) >= 11 is 0. The molecule has 1 aliphatic carbocycles. The van der Waals surface area contributed by atoms with Crippen LogP contribution in [-0.2, 0) is 11.3 Å². The Morgan fingerprint density at radius 2 is 2.60 bits per heavy atom. The summed E-state index contributed by atoms with van der Waals surface area (Å²) in [5.74, 6) is -0.0283. The van der Waals surface area contributed by atoms with Gasteiger partial charge in [0.1, 0.15) is 0 Å². The van der Waals surface area contributed by atoms with E-state index in [0.717, 1.165) is 13.0 Å². The van der Waals surface area contributed by atoms with E-state index in [2.05, 4.69) is 5.10 Å². The number of hydrogen-bond donors (Lipinski definition) is 1. The average Bonchev–Trinajstić information content (AvgIpc) is 2.86. The predicted octanol–water partition coefficient (Wildman–Crippen LogP) is 1.00. The van der Waals surface area contributed by atoms with Gasteiger partial charge in [0.25, 0.3) is 0 Å². The molecule has 1 aromatic rings. The molecule has 0 aliphatic heterocycles. The van der Waals surface area contributed by atoms with Gasteiger partial charge in [0, 0.05) is 12.5 Å². The minimum Gasteiger partial charge on any atom is -0.490 e. The Labute approximate surface area is 87.7 Å². The first-order valence-corrected chi connectivity index (χ1v) is 5.08. The molecule has 0 bridgehead atoms. The molecule has 1 heterocycles. The van der Waals surface area contributed by atoms with Crippen molar-refractivity contribution >= 4 is 5.97 Å². The molecule has 1 fully saturated rings. The molecule has 0 spiro atoms. The van der Waals surface area contributed by atoms with Crippen molar-refractivity contribution in [3.8, 4) is 5.75 Å². The predicted molar refractivity (Wildman–Crippen MR) is 52.6 cm³/mol. The highest BCUT2D eigenvalue weighted by molar-refractivity contribution is 5.73. The van der Waals surface area contributed by atoms with Crippen LogP contribution in [0.5, 0.6) is 5.75 Å². The molecule has 1 N–H and O–H groups in total. The Kier molecular flexibility index (Phi) is 2.62. The standard InChI is InChI=1S/C10H14N2O3/c1-2-12-5-8(4-11-12)15-6-7-3-9(7)10(13)14/h4-5,7,9H,2-3,6H2,1H3,(H,13,14)/t7-,9+/m0/s1. The van der Waals surface area contributed by atoms with Crippen molar-refractivity contribution in [1.29, 1.82) is 0 Å². The van der Waals surface area contributed by atoms with E-state index in [1.807, 2.05) is 13.1 Å². The third-order valence-corrected chi connectivity index (χ3v) is 2.64. The molecular weight excluding hydrogens is 196 g/mol. The quantitative estimate of drug-likeness (QED) is 0.787. The van der Waals surface area contributed by atoms with Gasteiger partial charge in [-0.1, -0.05) is 0 Å². The zero-order valence-corrected chi connectivity index (χ0v) is 8.59. The van der Waals surface area contributed by atoms with Gasteiger partial charge < -0.3 is 9.84 Å². The highest BCUT2D eigenvalue weighted by Crippen LogP contribution is 2.38. The maximum Gasteiger partial charge on any atom is 0.306 e. The van der Waals surface area contributed by atoms with Crippen molar-refractivity contribution < 1.29 is 14.6 Å². The second kappa shape index (κ2) is 3.92. The van der Waals surface area contributed by atoms with Crippen LogP contribution < -0.4 is 4.74 Å². The normalized spacial score (nSPS) is 23.8. The number of nitrogens with zero attached hydrogens (tertiary/aromatic N) is 2. The fraction of sp³-hybridized carbons (Fsp3) is 0.600. The molecule has 2 rings (SSSR count). The number of rotatable bonds is 5.